The number of nitrogens with one attached hydrogen (secondary N) is 1. The normalized spacial score (nSPS) is 14.1. The molecular weight excluding hydrogens is 382 g/mol. The Morgan fingerprint density at radius 2 is 1.63 bits per heavy atom. The first-order valence-electron chi connectivity index (χ1n) is 9.90. The largest absolute Gasteiger partial charge is 0.486 e. The molecule has 0 saturated carbocycles. The van der Waals surface area contributed by atoms with Crippen molar-refractivity contribution in [3.63, 3.8) is 0 Å². The number of piperazine rings is 1. The molecule has 7 heteroatoms. The van der Waals surface area contributed by atoms with Gasteiger partial charge >= 0.3 is 0 Å². The minimum Gasteiger partial charge on any atom is -0.486 e. The van der Waals surface area contributed by atoms with Crippen LogP contribution in [-0.2, 0) is 4.79 Å². The molecule has 3 rings (SSSR count). The zero-order valence-corrected chi connectivity index (χ0v) is 17.2. The summed E-state index contributed by atoms with van der Waals surface area (Å²) in [6.07, 6.45) is 1.64. The van der Waals surface area contributed by atoms with Crippen LogP contribution in [0.2, 0.25) is 0 Å². The van der Waals surface area contributed by atoms with Crippen LogP contribution in [0.15, 0.2) is 61.2 Å². The van der Waals surface area contributed by atoms with Gasteiger partial charge in [0.2, 0.25) is 0 Å². The molecule has 0 unspecified atom stereocenters. The summed E-state index contributed by atoms with van der Waals surface area (Å²) < 4.78 is 11.1. The van der Waals surface area contributed by atoms with Crippen LogP contribution in [0.5, 0.6) is 11.5 Å². The smallest absolute Gasteiger partial charge is 0.262 e. The molecule has 2 aromatic carbocycles. The Hall–Kier alpha value is -3.32. The molecule has 2 aromatic rings. The monoisotopic (exact) mass is 409 g/mol. The number of para-hydroxylation sites is 2. The maximum atomic E-state index is 12.6. The van der Waals surface area contributed by atoms with Gasteiger partial charge in [-0.2, -0.15) is 0 Å². The van der Waals surface area contributed by atoms with Crippen LogP contribution in [0.4, 0.5) is 5.69 Å². The van der Waals surface area contributed by atoms with Gasteiger partial charge in [-0.15, -0.1) is 0 Å². The molecular formula is C23H27N3O4. The molecule has 1 saturated heterocycles. The zero-order chi connectivity index (χ0) is 21.3. The third-order valence-corrected chi connectivity index (χ3v) is 4.77. The van der Waals surface area contributed by atoms with Crippen molar-refractivity contribution in [1.82, 2.24) is 9.80 Å². The highest BCUT2D eigenvalue weighted by molar-refractivity contribution is 5.96. The average molecular weight is 409 g/mol. The molecule has 1 heterocycles. The van der Waals surface area contributed by atoms with Gasteiger partial charge in [-0.1, -0.05) is 24.8 Å². The number of rotatable bonds is 8. The number of hydrogen-bond acceptors (Lipinski definition) is 5. The summed E-state index contributed by atoms with van der Waals surface area (Å²) in [6, 6.07) is 14.1. The summed E-state index contributed by atoms with van der Waals surface area (Å²) >= 11 is 0. The fourth-order valence-electron chi connectivity index (χ4n) is 3.07. The van der Waals surface area contributed by atoms with E-state index >= 15 is 0 Å². The minimum absolute atomic E-state index is 0.0143. The fourth-order valence-corrected chi connectivity index (χ4v) is 3.07. The number of anilines is 1. The van der Waals surface area contributed by atoms with Gasteiger partial charge in [0.1, 0.15) is 6.61 Å². The average Bonchev–Trinajstić information content (AvgIpc) is 2.77. The van der Waals surface area contributed by atoms with E-state index in [4.69, 9.17) is 9.47 Å². The number of amides is 2. The second kappa shape index (κ2) is 10.5. The lowest BCUT2D eigenvalue weighted by atomic mass is 10.1. The van der Waals surface area contributed by atoms with Crippen LogP contribution in [0.25, 0.3) is 0 Å². The maximum Gasteiger partial charge on any atom is 0.262 e. The molecule has 1 aliphatic rings. The fraction of sp³-hybridized carbons (Fsp3) is 0.304. The molecule has 2 amide bonds. The quantitative estimate of drug-likeness (QED) is 0.679. The highest BCUT2D eigenvalue weighted by atomic mass is 16.5. The van der Waals surface area contributed by atoms with Crippen molar-refractivity contribution >= 4 is 17.5 Å². The van der Waals surface area contributed by atoms with Crippen molar-refractivity contribution in [3.8, 4) is 11.5 Å². The third-order valence-electron chi connectivity index (χ3n) is 4.77. The molecule has 1 aliphatic heterocycles. The molecule has 158 valence electrons. The van der Waals surface area contributed by atoms with Crippen molar-refractivity contribution in [1.29, 1.82) is 0 Å². The van der Waals surface area contributed by atoms with Crippen molar-refractivity contribution < 1.29 is 19.1 Å². The molecule has 0 atom stereocenters. The van der Waals surface area contributed by atoms with E-state index in [1.54, 1.807) is 42.5 Å². The molecule has 1 fully saturated rings. The summed E-state index contributed by atoms with van der Waals surface area (Å²) in [4.78, 5) is 28.9. The molecule has 0 spiro atoms. The Morgan fingerprint density at radius 1 is 1.00 bits per heavy atom. The number of carbonyl (C=O) groups is 2. The number of benzene rings is 2. The standard InChI is InChI=1S/C23H27N3O4/c1-3-16-29-20-6-4-5-7-21(20)30-17-22(27)24-19-10-8-18(9-11-19)23(28)26-14-12-25(2)13-15-26/h3-11H,1,12-17H2,2H3,(H,24,27). The Kier molecular flexibility index (Phi) is 7.45. The van der Waals surface area contributed by atoms with E-state index in [1.807, 2.05) is 17.0 Å². The van der Waals surface area contributed by atoms with Gasteiger partial charge in [0.05, 0.1) is 0 Å². The van der Waals surface area contributed by atoms with E-state index in [9.17, 15) is 9.59 Å². The predicted octanol–water partition coefficient (Wildman–Crippen LogP) is 2.66. The lowest BCUT2D eigenvalue weighted by molar-refractivity contribution is -0.118. The molecule has 0 radical (unpaired) electrons. The second-order valence-electron chi connectivity index (χ2n) is 7.06. The second-order valence-corrected chi connectivity index (χ2v) is 7.06. The lowest BCUT2D eigenvalue weighted by Crippen LogP contribution is -2.47. The van der Waals surface area contributed by atoms with E-state index in [1.165, 1.54) is 0 Å². The van der Waals surface area contributed by atoms with E-state index < -0.39 is 0 Å². The number of ether oxygens (including phenoxy) is 2. The van der Waals surface area contributed by atoms with E-state index in [-0.39, 0.29) is 18.4 Å². The van der Waals surface area contributed by atoms with Crippen molar-refractivity contribution in [2.75, 3.05) is 51.8 Å². The molecule has 0 aliphatic carbocycles. The van der Waals surface area contributed by atoms with Gasteiger partial charge < -0.3 is 24.6 Å². The molecule has 0 aromatic heterocycles. The van der Waals surface area contributed by atoms with E-state index in [2.05, 4.69) is 23.8 Å². The molecule has 7 nitrogen and oxygen atoms in total. The summed E-state index contributed by atoms with van der Waals surface area (Å²) in [5.41, 5.74) is 1.22. The Morgan fingerprint density at radius 3 is 2.27 bits per heavy atom. The van der Waals surface area contributed by atoms with Crippen LogP contribution in [0.1, 0.15) is 10.4 Å². The maximum absolute atomic E-state index is 12.6. The molecule has 30 heavy (non-hydrogen) atoms. The summed E-state index contributed by atoms with van der Waals surface area (Å²) in [7, 11) is 2.05. The Bertz CT molecular complexity index is 874. The highest BCUT2D eigenvalue weighted by Gasteiger charge is 2.20. The number of carbonyl (C=O) groups excluding carboxylic acids is 2. The van der Waals surface area contributed by atoms with Crippen molar-refractivity contribution in [2.24, 2.45) is 0 Å². The van der Waals surface area contributed by atoms with Crippen molar-refractivity contribution in [2.45, 2.75) is 0 Å². The highest BCUT2D eigenvalue weighted by Crippen LogP contribution is 2.26. The first kappa shape index (κ1) is 21.4. The number of hydrogen-bond donors (Lipinski definition) is 1. The first-order valence-corrected chi connectivity index (χ1v) is 9.90. The van der Waals surface area contributed by atoms with Gasteiger partial charge in [-0.05, 0) is 43.4 Å². The predicted molar refractivity (Wildman–Crippen MR) is 116 cm³/mol. The molecule has 1 N–H and O–H groups in total. The Balaban J connectivity index is 1.51. The topological polar surface area (TPSA) is 71.1 Å². The van der Waals surface area contributed by atoms with Gasteiger partial charge in [0.15, 0.2) is 18.1 Å². The number of likely N-dealkylation sites (N-methyl/N-ethyl adjacent to an activating group) is 1. The van der Waals surface area contributed by atoms with Crippen molar-refractivity contribution in [3.05, 3.63) is 66.7 Å². The first-order chi connectivity index (χ1) is 14.6. The van der Waals surface area contributed by atoms with E-state index in [0.29, 0.717) is 29.4 Å². The minimum atomic E-state index is -0.299. The summed E-state index contributed by atoms with van der Waals surface area (Å²) in [6.45, 7) is 7.02. The summed E-state index contributed by atoms with van der Waals surface area (Å²) in [5.74, 6) is 0.756. The van der Waals surface area contributed by atoms with Crippen LogP contribution >= 0.6 is 0 Å². The Labute approximate surface area is 176 Å². The third kappa shape index (κ3) is 5.84. The van der Waals surface area contributed by atoms with Gasteiger partial charge in [0.25, 0.3) is 11.8 Å². The van der Waals surface area contributed by atoms with Crippen LogP contribution in [0, 0.1) is 0 Å². The van der Waals surface area contributed by atoms with Gasteiger partial charge in [-0.25, -0.2) is 0 Å². The van der Waals surface area contributed by atoms with E-state index in [0.717, 1.165) is 26.2 Å². The van der Waals surface area contributed by atoms with Crippen LogP contribution in [-0.4, -0.2) is 68.1 Å². The van der Waals surface area contributed by atoms with Crippen LogP contribution in [0.3, 0.4) is 0 Å². The van der Waals surface area contributed by atoms with Gasteiger partial charge in [-0.3, -0.25) is 9.59 Å². The zero-order valence-electron chi connectivity index (χ0n) is 17.2. The molecule has 0 bridgehead atoms. The summed E-state index contributed by atoms with van der Waals surface area (Å²) in [5, 5.41) is 2.77. The number of nitrogens with zero attached hydrogens (tertiary/aromatic N) is 2. The van der Waals surface area contributed by atoms with Crippen LogP contribution < -0.4 is 14.8 Å². The SMILES string of the molecule is C=CCOc1ccccc1OCC(=O)Nc1ccc(C(=O)N2CCN(C)CC2)cc1. The van der Waals surface area contributed by atoms with Gasteiger partial charge in [0, 0.05) is 37.4 Å². The lowest BCUT2D eigenvalue weighted by Gasteiger charge is -2.32.